The van der Waals surface area contributed by atoms with Crippen molar-refractivity contribution >= 4 is 14.2 Å². The molecule has 0 unspecified atom stereocenters. The Hall–Kier alpha value is -0.630. The summed E-state index contributed by atoms with van der Waals surface area (Å²) in [6, 6.07) is 9.01. The molecule has 1 saturated heterocycles. The van der Waals surface area contributed by atoms with Gasteiger partial charge in [-0.25, -0.2) is 0 Å². The van der Waals surface area contributed by atoms with Crippen molar-refractivity contribution in [3.63, 3.8) is 0 Å². The van der Waals surface area contributed by atoms with E-state index in [0.717, 1.165) is 13.0 Å². The molecule has 1 fully saturated rings. The molecule has 0 amide bonds. The minimum absolute atomic E-state index is 0.499. The molecule has 0 radical (unpaired) electrons. The fourth-order valence-electron chi connectivity index (χ4n) is 2.15. The maximum atomic E-state index is 5.59. The highest BCUT2D eigenvalue weighted by atomic mass is 31.2. The van der Waals surface area contributed by atoms with Crippen LogP contribution in [0.5, 0.6) is 0 Å². The summed E-state index contributed by atoms with van der Waals surface area (Å²) >= 11 is 0. The highest BCUT2D eigenvalue weighted by molar-refractivity contribution is 7.49. The van der Waals surface area contributed by atoms with Crippen molar-refractivity contribution in [2.45, 2.75) is 12.5 Å². The van der Waals surface area contributed by atoms with E-state index in [4.69, 9.17) is 9.05 Å². The number of benzene rings is 1. The number of hydrogen-bond acceptors (Lipinski definition) is 3. The normalized spacial score (nSPS) is 29.1. The minimum atomic E-state index is -0.837. The number of para-hydroxylation sites is 1. The van der Waals surface area contributed by atoms with Gasteiger partial charge in [0.1, 0.15) is 0 Å². The van der Waals surface area contributed by atoms with Crippen molar-refractivity contribution in [2.75, 3.05) is 18.4 Å². The molecule has 0 aliphatic carbocycles. The second-order valence-electron chi connectivity index (χ2n) is 3.55. The molecule has 0 aromatic heterocycles. The van der Waals surface area contributed by atoms with Gasteiger partial charge in [0.05, 0.1) is 12.6 Å². The van der Waals surface area contributed by atoms with Gasteiger partial charge in [0.2, 0.25) is 0 Å². The van der Waals surface area contributed by atoms with E-state index in [1.165, 1.54) is 11.3 Å². The largest absolute Gasteiger partial charge is 0.321 e. The van der Waals surface area contributed by atoms with E-state index in [-0.39, 0.29) is 0 Å². The molecule has 2 aliphatic rings. The lowest BCUT2D eigenvalue weighted by molar-refractivity contribution is 0.307. The lowest BCUT2D eigenvalue weighted by Gasteiger charge is -2.21. The molecule has 4 heteroatoms. The Kier molecular flexibility index (Phi) is 1.98. The second-order valence-corrected chi connectivity index (χ2v) is 5.08. The average molecular weight is 209 g/mol. The van der Waals surface area contributed by atoms with Crippen LogP contribution < -0.4 is 4.67 Å². The van der Waals surface area contributed by atoms with Crippen LogP contribution in [0.3, 0.4) is 0 Å². The monoisotopic (exact) mass is 209 g/mol. The molecular formula is C10H12NO2P. The third-order valence-electron chi connectivity index (χ3n) is 2.75. The predicted octanol–water partition coefficient (Wildman–Crippen LogP) is 2.32. The first-order valence-corrected chi connectivity index (χ1v) is 5.87. The van der Waals surface area contributed by atoms with Crippen LogP contribution in [0, 0.1) is 0 Å². The first kappa shape index (κ1) is 8.66. The fourth-order valence-corrected chi connectivity index (χ4v) is 3.64. The summed E-state index contributed by atoms with van der Waals surface area (Å²) in [5.74, 6) is 0. The number of hydrogen-bond donors (Lipinski definition) is 0. The van der Waals surface area contributed by atoms with Gasteiger partial charge in [-0.2, -0.15) is 0 Å². The highest BCUT2D eigenvalue weighted by Gasteiger charge is 2.41. The molecule has 2 atom stereocenters. The predicted molar refractivity (Wildman–Crippen MR) is 56.3 cm³/mol. The van der Waals surface area contributed by atoms with Crippen LogP contribution in [0.15, 0.2) is 24.3 Å². The summed E-state index contributed by atoms with van der Waals surface area (Å²) in [5.41, 5.74) is 2.72. The SMILES string of the molecule is CO[P@@]1OC[C@@H]2Cc3ccccc3N21. The smallest absolute Gasteiger partial charge is 0.290 e. The zero-order chi connectivity index (χ0) is 9.54. The minimum Gasteiger partial charge on any atom is -0.321 e. The van der Waals surface area contributed by atoms with Crippen molar-refractivity contribution in [1.29, 1.82) is 0 Å². The summed E-state index contributed by atoms with van der Waals surface area (Å²) < 4.78 is 13.2. The van der Waals surface area contributed by atoms with Gasteiger partial charge in [-0.05, 0) is 18.1 Å². The summed E-state index contributed by atoms with van der Waals surface area (Å²) in [5, 5.41) is 0. The van der Waals surface area contributed by atoms with Gasteiger partial charge in [-0.1, -0.05) is 18.2 Å². The lowest BCUT2D eigenvalue weighted by Crippen LogP contribution is -2.22. The third kappa shape index (κ3) is 1.10. The highest BCUT2D eigenvalue weighted by Crippen LogP contribution is 2.55. The van der Waals surface area contributed by atoms with Gasteiger partial charge in [0, 0.05) is 12.8 Å². The van der Waals surface area contributed by atoms with Crippen molar-refractivity contribution < 1.29 is 9.05 Å². The molecule has 0 bridgehead atoms. The van der Waals surface area contributed by atoms with E-state index in [9.17, 15) is 0 Å². The first-order valence-electron chi connectivity index (χ1n) is 4.74. The summed E-state index contributed by atoms with van der Waals surface area (Å²) in [6.07, 6.45) is 1.10. The molecule has 2 aliphatic heterocycles. The van der Waals surface area contributed by atoms with Gasteiger partial charge >= 0.3 is 0 Å². The standard InChI is InChI=1S/C10H12NO2P/c1-12-14-11-9(7-13-14)6-8-4-2-3-5-10(8)11/h2-5,9H,6-7H2,1H3/t9-,14-/m0/s1. The summed E-state index contributed by atoms with van der Waals surface area (Å²) in [4.78, 5) is 0. The van der Waals surface area contributed by atoms with Crippen LogP contribution >= 0.6 is 8.53 Å². The Morgan fingerprint density at radius 1 is 1.50 bits per heavy atom. The van der Waals surface area contributed by atoms with Crippen LogP contribution in [0.25, 0.3) is 0 Å². The molecule has 1 aromatic carbocycles. The van der Waals surface area contributed by atoms with Crippen LogP contribution in [-0.4, -0.2) is 19.8 Å². The zero-order valence-electron chi connectivity index (χ0n) is 8.01. The molecule has 0 N–H and O–H groups in total. The topological polar surface area (TPSA) is 21.7 Å². The van der Waals surface area contributed by atoms with E-state index in [1.54, 1.807) is 7.11 Å². The number of anilines is 1. The Bertz CT molecular complexity index is 356. The second kappa shape index (κ2) is 3.20. The van der Waals surface area contributed by atoms with Crippen molar-refractivity contribution in [3.05, 3.63) is 29.8 Å². The first-order chi connectivity index (χ1) is 6.90. The Balaban J connectivity index is 2.02. The molecule has 74 valence electrons. The molecule has 2 heterocycles. The number of fused-ring (bicyclic) bond motifs is 3. The molecule has 1 aromatic rings. The van der Waals surface area contributed by atoms with Crippen molar-refractivity contribution in [3.8, 4) is 0 Å². The maximum Gasteiger partial charge on any atom is 0.290 e. The Labute approximate surface area is 84.6 Å². The van der Waals surface area contributed by atoms with Gasteiger partial charge in [0.15, 0.2) is 0 Å². The van der Waals surface area contributed by atoms with Gasteiger partial charge in [0.25, 0.3) is 8.53 Å². The summed E-state index contributed by atoms with van der Waals surface area (Å²) in [6.45, 7) is 0.800. The molecule has 3 nitrogen and oxygen atoms in total. The van der Waals surface area contributed by atoms with E-state index < -0.39 is 8.53 Å². The van der Waals surface area contributed by atoms with Crippen LogP contribution in [-0.2, 0) is 15.5 Å². The zero-order valence-corrected chi connectivity index (χ0v) is 8.91. The molecular weight excluding hydrogens is 197 g/mol. The Morgan fingerprint density at radius 3 is 3.21 bits per heavy atom. The molecule has 0 spiro atoms. The number of rotatable bonds is 1. The van der Waals surface area contributed by atoms with E-state index in [1.807, 2.05) is 0 Å². The Morgan fingerprint density at radius 2 is 2.36 bits per heavy atom. The molecule has 14 heavy (non-hydrogen) atoms. The van der Waals surface area contributed by atoms with Gasteiger partial charge in [-0.15, -0.1) is 0 Å². The quantitative estimate of drug-likeness (QED) is 0.662. The summed E-state index contributed by atoms with van der Waals surface area (Å²) in [7, 11) is 0.881. The molecule has 0 saturated carbocycles. The van der Waals surface area contributed by atoms with E-state index >= 15 is 0 Å². The van der Waals surface area contributed by atoms with Crippen LogP contribution in [0.2, 0.25) is 0 Å². The number of nitrogens with zero attached hydrogens (tertiary/aromatic N) is 1. The van der Waals surface area contributed by atoms with Gasteiger partial charge < -0.3 is 13.7 Å². The maximum absolute atomic E-state index is 5.59. The fraction of sp³-hybridized carbons (Fsp3) is 0.400. The lowest BCUT2D eigenvalue weighted by atomic mass is 10.1. The van der Waals surface area contributed by atoms with E-state index in [0.29, 0.717) is 6.04 Å². The van der Waals surface area contributed by atoms with Crippen LogP contribution in [0.1, 0.15) is 5.56 Å². The van der Waals surface area contributed by atoms with Crippen LogP contribution in [0.4, 0.5) is 5.69 Å². The molecule has 3 rings (SSSR count). The van der Waals surface area contributed by atoms with Gasteiger partial charge in [-0.3, -0.25) is 0 Å². The third-order valence-corrected chi connectivity index (χ3v) is 4.33. The van der Waals surface area contributed by atoms with E-state index in [2.05, 4.69) is 28.9 Å². The average Bonchev–Trinajstić information content (AvgIpc) is 2.75. The van der Waals surface area contributed by atoms with Crippen molar-refractivity contribution in [2.24, 2.45) is 0 Å². The van der Waals surface area contributed by atoms with Crippen molar-refractivity contribution in [1.82, 2.24) is 0 Å².